The Morgan fingerprint density at radius 3 is 2.71 bits per heavy atom. The van der Waals surface area contributed by atoms with E-state index in [1.807, 2.05) is 18.4 Å². The average molecular weight is 252 g/mol. The van der Waals surface area contributed by atoms with Crippen LogP contribution in [-0.4, -0.2) is 12.2 Å². The van der Waals surface area contributed by atoms with Crippen molar-refractivity contribution >= 4 is 11.3 Å². The summed E-state index contributed by atoms with van der Waals surface area (Å²) in [4.78, 5) is 0.874. The molecule has 0 spiro atoms. The molecule has 1 N–H and O–H groups in total. The third-order valence-corrected chi connectivity index (χ3v) is 3.71. The third-order valence-electron chi connectivity index (χ3n) is 2.64. The summed E-state index contributed by atoms with van der Waals surface area (Å²) < 4.78 is 18.2. The number of aliphatic hydroxyl groups is 1. The normalized spacial score (nSPS) is 12.5. The molecule has 0 fully saturated rings. The summed E-state index contributed by atoms with van der Waals surface area (Å²) in [5.74, 6) is -0.276. The molecule has 1 atom stereocenters. The largest absolute Gasteiger partial charge is 0.494 e. The van der Waals surface area contributed by atoms with Gasteiger partial charge in [-0.15, -0.1) is 11.3 Å². The van der Waals surface area contributed by atoms with Crippen molar-refractivity contribution in [1.82, 2.24) is 0 Å². The second-order valence-corrected chi connectivity index (χ2v) is 4.71. The van der Waals surface area contributed by atoms with Gasteiger partial charge in [0.05, 0.1) is 7.11 Å². The smallest absolute Gasteiger partial charge is 0.165 e. The molecule has 1 unspecified atom stereocenters. The number of hydrogen-bond acceptors (Lipinski definition) is 3. The van der Waals surface area contributed by atoms with Gasteiger partial charge in [-0.1, -0.05) is 6.07 Å². The van der Waals surface area contributed by atoms with Crippen LogP contribution >= 0.6 is 11.3 Å². The fraction of sp³-hybridized carbons (Fsp3) is 0.231. The van der Waals surface area contributed by atoms with Gasteiger partial charge >= 0.3 is 0 Å². The Kier molecular flexibility index (Phi) is 3.45. The predicted octanol–water partition coefficient (Wildman–Crippen LogP) is 3.29. The molecule has 0 aliphatic carbocycles. The van der Waals surface area contributed by atoms with E-state index in [4.69, 9.17) is 4.74 Å². The molecule has 2 rings (SSSR count). The van der Waals surface area contributed by atoms with Gasteiger partial charge < -0.3 is 9.84 Å². The molecule has 0 saturated carbocycles. The van der Waals surface area contributed by atoms with E-state index < -0.39 is 11.9 Å². The Labute approximate surface area is 103 Å². The van der Waals surface area contributed by atoms with Crippen LogP contribution in [0.2, 0.25) is 0 Å². The predicted molar refractivity (Wildman–Crippen MR) is 66.1 cm³/mol. The second-order valence-electron chi connectivity index (χ2n) is 3.76. The molecule has 90 valence electrons. The summed E-state index contributed by atoms with van der Waals surface area (Å²) in [5.41, 5.74) is 1.67. The van der Waals surface area contributed by atoms with Gasteiger partial charge in [0, 0.05) is 4.88 Å². The fourth-order valence-corrected chi connectivity index (χ4v) is 2.60. The van der Waals surface area contributed by atoms with Gasteiger partial charge in [-0.2, -0.15) is 0 Å². The number of rotatable bonds is 3. The number of ether oxygens (including phenoxy) is 1. The first-order valence-corrected chi connectivity index (χ1v) is 6.07. The summed E-state index contributed by atoms with van der Waals surface area (Å²) in [6.07, 6.45) is -0.732. The average Bonchev–Trinajstić information content (AvgIpc) is 2.75. The number of thiophene rings is 1. The van der Waals surface area contributed by atoms with E-state index in [1.165, 1.54) is 30.6 Å². The molecule has 1 heterocycles. The van der Waals surface area contributed by atoms with Crippen LogP contribution in [0, 0.1) is 12.7 Å². The van der Waals surface area contributed by atoms with Crippen LogP contribution in [0.4, 0.5) is 4.39 Å². The molecule has 0 bridgehead atoms. The summed E-state index contributed by atoms with van der Waals surface area (Å²) in [6, 6.07) is 6.35. The Morgan fingerprint density at radius 2 is 2.12 bits per heavy atom. The van der Waals surface area contributed by atoms with Gasteiger partial charge in [0.25, 0.3) is 0 Å². The molecule has 0 aliphatic heterocycles. The highest BCUT2D eigenvalue weighted by Gasteiger charge is 2.16. The number of hydrogen-bond donors (Lipinski definition) is 1. The lowest BCUT2D eigenvalue weighted by molar-refractivity contribution is 0.222. The minimum atomic E-state index is -0.732. The molecule has 2 nitrogen and oxygen atoms in total. The van der Waals surface area contributed by atoms with Crippen molar-refractivity contribution in [1.29, 1.82) is 0 Å². The van der Waals surface area contributed by atoms with Crippen molar-refractivity contribution in [3.63, 3.8) is 0 Å². The van der Waals surface area contributed by atoms with Gasteiger partial charge in [0.2, 0.25) is 0 Å². The van der Waals surface area contributed by atoms with Crippen LogP contribution < -0.4 is 4.74 Å². The topological polar surface area (TPSA) is 29.5 Å². The first kappa shape index (κ1) is 12.1. The number of methoxy groups -OCH3 is 1. The van der Waals surface area contributed by atoms with E-state index in [2.05, 4.69) is 0 Å². The maximum Gasteiger partial charge on any atom is 0.165 e. The molecule has 1 aromatic carbocycles. The van der Waals surface area contributed by atoms with Gasteiger partial charge in [-0.3, -0.25) is 0 Å². The van der Waals surface area contributed by atoms with Gasteiger partial charge in [0.1, 0.15) is 6.10 Å². The summed E-state index contributed by atoms with van der Waals surface area (Å²) in [5, 5.41) is 12.1. The highest BCUT2D eigenvalue weighted by atomic mass is 32.1. The Morgan fingerprint density at radius 1 is 1.35 bits per heavy atom. The molecule has 1 aromatic heterocycles. The zero-order valence-electron chi connectivity index (χ0n) is 9.61. The first-order chi connectivity index (χ1) is 8.13. The van der Waals surface area contributed by atoms with Crippen molar-refractivity contribution in [3.05, 3.63) is 51.5 Å². The Bertz CT molecular complexity index is 522. The van der Waals surface area contributed by atoms with Crippen molar-refractivity contribution in [3.8, 4) is 5.75 Å². The summed E-state index contributed by atoms with van der Waals surface area (Å²) in [6.45, 7) is 1.94. The van der Waals surface area contributed by atoms with E-state index in [0.717, 1.165) is 10.4 Å². The quantitative estimate of drug-likeness (QED) is 0.908. The van der Waals surface area contributed by atoms with E-state index >= 15 is 0 Å². The molecule has 0 aliphatic rings. The standard InChI is InChI=1S/C13H13FO2S/c1-8-5-6-17-13(8)12(15)9-3-4-10(14)11(7-9)16-2/h3-7,12,15H,1-2H3. The molecule has 2 aromatic rings. The van der Waals surface area contributed by atoms with Gasteiger partial charge in [0.15, 0.2) is 11.6 Å². The molecule has 0 saturated heterocycles. The lowest BCUT2D eigenvalue weighted by Crippen LogP contribution is -2.00. The Hall–Kier alpha value is -1.39. The maximum absolute atomic E-state index is 13.3. The minimum Gasteiger partial charge on any atom is -0.494 e. The number of benzene rings is 1. The summed E-state index contributed by atoms with van der Waals surface area (Å²) >= 11 is 1.49. The lowest BCUT2D eigenvalue weighted by Gasteiger charge is -2.12. The lowest BCUT2D eigenvalue weighted by atomic mass is 10.1. The molecule has 4 heteroatoms. The molecular weight excluding hydrogens is 239 g/mol. The highest BCUT2D eigenvalue weighted by molar-refractivity contribution is 7.10. The third kappa shape index (κ3) is 2.33. The van der Waals surface area contributed by atoms with Gasteiger partial charge in [-0.05, 0) is 41.6 Å². The minimum absolute atomic E-state index is 0.149. The first-order valence-electron chi connectivity index (χ1n) is 5.19. The fourth-order valence-electron chi connectivity index (χ4n) is 1.66. The number of aryl methyl sites for hydroxylation is 1. The SMILES string of the molecule is COc1cc(C(O)c2sccc2C)ccc1F. The Balaban J connectivity index is 2.38. The van der Waals surface area contributed by atoms with Crippen molar-refractivity contribution in [2.75, 3.05) is 7.11 Å². The van der Waals surface area contributed by atoms with E-state index in [1.54, 1.807) is 6.07 Å². The van der Waals surface area contributed by atoms with E-state index in [9.17, 15) is 9.50 Å². The van der Waals surface area contributed by atoms with Crippen LogP contribution in [-0.2, 0) is 0 Å². The van der Waals surface area contributed by atoms with E-state index in [-0.39, 0.29) is 5.75 Å². The summed E-state index contributed by atoms with van der Waals surface area (Å²) in [7, 11) is 1.41. The molecule has 0 amide bonds. The zero-order chi connectivity index (χ0) is 12.4. The van der Waals surface area contributed by atoms with Crippen LogP contribution in [0.3, 0.4) is 0 Å². The van der Waals surface area contributed by atoms with Crippen molar-refractivity contribution in [2.24, 2.45) is 0 Å². The molecule has 0 radical (unpaired) electrons. The van der Waals surface area contributed by atoms with Crippen LogP contribution in [0.15, 0.2) is 29.6 Å². The van der Waals surface area contributed by atoms with Crippen LogP contribution in [0.1, 0.15) is 22.1 Å². The van der Waals surface area contributed by atoms with Crippen LogP contribution in [0.25, 0.3) is 0 Å². The zero-order valence-corrected chi connectivity index (χ0v) is 10.4. The van der Waals surface area contributed by atoms with E-state index in [0.29, 0.717) is 5.56 Å². The van der Waals surface area contributed by atoms with Crippen molar-refractivity contribution < 1.29 is 14.2 Å². The van der Waals surface area contributed by atoms with Crippen LogP contribution in [0.5, 0.6) is 5.75 Å². The monoisotopic (exact) mass is 252 g/mol. The van der Waals surface area contributed by atoms with Crippen molar-refractivity contribution in [2.45, 2.75) is 13.0 Å². The maximum atomic E-state index is 13.3. The number of aliphatic hydroxyl groups excluding tert-OH is 1. The molecule has 17 heavy (non-hydrogen) atoms. The number of halogens is 1. The molecular formula is C13H13FO2S. The second kappa shape index (κ2) is 4.85. The van der Waals surface area contributed by atoms with Gasteiger partial charge in [-0.25, -0.2) is 4.39 Å². The highest BCUT2D eigenvalue weighted by Crippen LogP contribution is 2.31.